The lowest BCUT2D eigenvalue weighted by Crippen LogP contribution is -2.38. The van der Waals surface area contributed by atoms with E-state index in [9.17, 15) is 4.79 Å². The number of amides is 1. The van der Waals surface area contributed by atoms with Crippen molar-refractivity contribution in [2.24, 2.45) is 0 Å². The zero-order valence-electron chi connectivity index (χ0n) is 12.5. The molecule has 0 radical (unpaired) electrons. The Labute approximate surface area is 137 Å². The summed E-state index contributed by atoms with van der Waals surface area (Å²) in [7, 11) is 0. The quantitative estimate of drug-likeness (QED) is 0.844. The maximum Gasteiger partial charge on any atom is 0.256 e. The van der Waals surface area contributed by atoms with E-state index in [1.165, 1.54) is 23.3 Å². The highest BCUT2D eigenvalue weighted by Crippen LogP contribution is 2.42. The molecular formula is C17H16N2O3S. The van der Waals surface area contributed by atoms with Crippen molar-refractivity contribution in [1.29, 1.82) is 0 Å². The van der Waals surface area contributed by atoms with E-state index in [4.69, 9.17) is 9.47 Å². The molecule has 2 N–H and O–H groups in total. The molecule has 2 aliphatic heterocycles. The fraction of sp³-hybridized carbons (Fsp3) is 0.353. The molecule has 3 heterocycles. The van der Waals surface area contributed by atoms with Gasteiger partial charge in [-0.3, -0.25) is 4.79 Å². The molecule has 3 aliphatic rings. The van der Waals surface area contributed by atoms with Gasteiger partial charge in [0, 0.05) is 4.88 Å². The van der Waals surface area contributed by atoms with Crippen LogP contribution < -0.4 is 20.1 Å². The summed E-state index contributed by atoms with van der Waals surface area (Å²) in [5.41, 5.74) is 3.09. The number of benzene rings is 1. The van der Waals surface area contributed by atoms with Crippen molar-refractivity contribution in [3.05, 3.63) is 39.8 Å². The van der Waals surface area contributed by atoms with Gasteiger partial charge in [-0.25, -0.2) is 0 Å². The van der Waals surface area contributed by atoms with Crippen molar-refractivity contribution in [2.45, 2.75) is 31.8 Å². The number of carbonyl (C=O) groups excluding carboxylic acids is 1. The van der Waals surface area contributed by atoms with Gasteiger partial charge in [0.05, 0.1) is 5.56 Å². The molecule has 2 aromatic rings. The van der Waals surface area contributed by atoms with Crippen LogP contribution in [0.25, 0.3) is 0 Å². The van der Waals surface area contributed by atoms with Crippen molar-refractivity contribution in [3.8, 4) is 11.5 Å². The van der Waals surface area contributed by atoms with Crippen LogP contribution in [0.15, 0.2) is 18.2 Å². The topological polar surface area (TPSA) is 59.6 Å². The zero-order chi connectivity index (χ0) is 15.4. The molecule has 118 valence electrons. The van der Waals surface area contributed by atoms with Crippen molar-refractivity contribution in [3.63, 3.8) is 0 Å². The Hall–Kier alpha value is -2.21. The first-order chi connectivity index (χ1) is 11.3. The third-order valence-corrected chi connectivity index (χ3v) is 5.90. The first kappa shape index (κ1) is 13.2. The van der Waals surface area contributed by atoms with E-state index >= 15 is 0 Å². The first-order valence-corrected chi connectivity index (χ1v) is 8.73. The summed E-state index contributed by atoms with van der Waals surface area (Å²) in [6.07, 6.45) is 4.28. The number of aryl methyl sites for hydroxylation is 1. The minimum Gasteiger partial charge on any atom is -0.454 e. The lowest BCUT2D eigenvalue weighted by molar-refractivity contribution is 0.0935. The van der Waals surface area contributed by atoms with E-state index < -0.39 is 0 Å². The Balaban J connectivity index is 1.51. The summed E-state index contributed by atoms with van der Waals surface area (Å²) >= 11 is 1.74. The molecule has 0 unspecified atom stereocenters. The molecule has 0 spiro atoms. The van der Waals surface area contributed by atoms with Crippen molar-refractivity contribution < 1.29 is 14.3 Å². The van der Waals surface area contributed by atoms with Crippen LogP contribution in [0, 0.1) is 0 Å². The average molecular weight is 328 g/mol. The Kier molecular flexibility index (Phi) is 2.82. The van der Waals surface area contributed by atoms with E-state index in [1.54, 1.807) is 11.3 Å². The molecule has 1 amide bonds. The first-order valence-electron chi connectivity index (χ1n) is 7.91. The van der Waals surface area contributed by atoms with Gasteiger partial charge in [-0.15, -0.1) is 11.3 Å². The number of rotatable bonds is 1. The molecule has 0 saturated heterocycles. The lowest BCUT2D eigenvalue weighted by Gasteiger charge is -2.27. The molecule has 6 heteroatoms. The molecule has 1 aromatic heterocycles. The number of anilines is 1. The van der Waals surface area contributed by atoms with Gasteiger partial charge in [-0.1, -0.05) is 6.07 Å². The summed E-state index contributed by atoms with van der Waals surface area (Å²) in [5, 5.41) is 7.56. The van der Waals surface area contributed by atoms with Gasteiger partial charge in [0.1, 0.15) is 11.2 Å². The summed E-state index contributed by atoms with van der Waals surface area (Å²) < 4.78 is 10.8. The van der Waals surface area contributed by atoms with Crippen LogP contribution in [0.2, 0.25) is 0 Å². The maximum atomic E-state index is 12.6. The molecule has 0 bridgehead atoms. The second-order valence-electron chi connectivity index (χ2n) is 6.08. The van der Waals surface area contributed by atoms with Gasteiger partial charge in [-0.05, 0) is 48.9 Å². The Morgan fingerprint density at radius 1 is 1.09 bits per heavy atom. The smallest absolute Gasteiger partial charge is 0.256 e. The van der Waals surface area contributed by atoms with Crippen LogP contribution in [0.3, 0.4) is 0 Å². The second kappa shape index (κ2) is 4.89. The molecule has 5 nitrogen and oxygen atoms in total. The summed E-state index contributed by atoms with van der Waals surface area (Å²) in [6, 6.07) is 5.78. The van der Waals surface area contributed by atoms with Gasteiger partial charge in [0.25, 0.3) is 5.91 Å². The van der Waals surface area contributed by atoms with Crippen LogP contribution in [0.1, 0.15) is 45.4 Å². The van der Waals surface area contributed by atoms with E-state index in [0.29, 0.717) is 0 Å². The molecule has 23 heavy (non-hydrogen) atoms. The van der Waals surface area contributed by atoms with Crippen LogP contribution in [-0.2, 0) is 12.8 Å². The Morgan fingerprint density at radius 2 is 1.96 bits per heavy atom. The molecule has 1 atom stereocenters. The summed E-state index contributed by atoms with van der Waals surface area (Å²) in [5.74, 6) is 1.51. The largest absolute Gasteiger partial charge is 0.454 e. The highest BCUT2D eigenvalue weighted by atomic mass is 32.1. The van der Waals surface area contributed by atoms with Gasteiger partial charge in [-0.2, -0.15) is 0 Å². The third-order valence-electron chi connectivity index (χ3n) is 4.68. The van der Waals surface area contributed by atoms with Gasteiger partial charge in [0.2, 0.25) is 6.79 Å². The number of thiophene rings is 1. The fourth-order valence-corrected chi connectivity index (χ4v) is 4.85. The minimum atomic E-state index is -0.232. The van der Waals surface area contributed by atoms with Crippen LogP contribution >= 0.6 is 11.3 Å². The SMILES string of the molecule is O=C1N[C@H](c2ccc3c(c2)OCO3)Nc2sc3c(c21)CCCC3. The molecule has 1 aromatic carbocycles. The van der Waals surface area contributed by atoms with E-state index in [2.05, 4.69) is 10.6 Å². The molecule has 1 aliphatic carbocycles. The average Bonchev–Trinajstić information content (AvgIpc) is 3.17. The van der Waals surface area contributed by atoms with Crippen LogP contribution in [0.5, 0.6) is 11.5 Å². The maximum absolute atomic E-state index is 12.6. The van der Waals surface area contributed by atoms with Gasteiger partial charge < -0.3 is 20.1 Å². The minimum absolute atomic E-state index is 0.0285. The third kappa shape index (κ3) is 2.01. The number of ether oxygens (including phenoxy) is 2. The Morgan fingerprint density at radius 3 is 2.91 bits per heavy atom. The number of hydrogen-bond donors (Lipinski definition) is 2. The highest BCUT2D eigenvalue weighted by Gasteiger charge is 2.32. The zero-order valence-corrected chi connectivity index (χ0v) is 13.3. The molecule has 0 fully saturated rings. The molecular weight excluding hydrogens is 312 g/mol. The predicted octanol–water partition coefficient (Wildman–Crippen LogP) is 3.21. The van der Waals surface area contributed by atoms with Gasteiger partial charge in [0.15, 0.2) is 11.5 Å². The van der Waals surface area contributed by atoms with Crippen molar-refractivity contribution in [2.75, 3.05) is 12.1 Å². The van der Waals surface area contributed by atoms with Crippen molar-refractivity contribution >= 4 is 22.2 Å². The van der Waals surface area contributed by atoms with Crippen molar-refractivity contribution in [1.82, 2.24) is 5.32 Å². The van der Waals surface area contributed by atoms with Crippen LogP contribution in [0.4, 0.5) is 5.00 Å². The summed E-state index contributed by atoms with van der Waals surface area (Å²) in [4.78, 5) is 14.0. The number of nitrogens with one attached hydrogen (secondary N) is 2. The monoisotopic (exact) mass is 328 g/mol. The van der Waals surface area contributed by atoms with E-state index in [-0.39, 0.29) is 18.9 Å². The number of hydrogen-bond acceptors (Lipinski definition) is 5. The van der Waals surface area contributed by atoms with Gasteiger partial charge >= 0.3 is 0 Å². The fourth-order valence-electron chi connectivity index (χ4n) is 3.54. The molecule has 5 rings (SSSR count). The Bertz CT molecular complexity index is 814. The lowest BCUT2D eigenvalue weighted by atomic mass is 9.94. The summed E-state index contributed by atoms with van der Waals surface area (Å²) in [6.45, 7) is 0.255. The number of carbonyl (C=O) groups is 1. The second-order valence-corrected chi connectivity index (χ2v) is 7.18. The highest BCUT2D eigenvalue weighted by molar-refractivity contribution is 7.16. The van der Waals surface area contributed by atoms with E-state index in [1.807, 2.05) is 18.2 Å². The standard InChI is InChI=1S/C17H16N2O3S/c20-16-14-10-3-1-2-4-13(10)23-17(14)19-15(18-16)9-5-6-11-12(7-9)22-8-21-11/h5-7,15,19H,1-4,8H2,(H,18,20)/t15-/m0/s1. The normalized spacial score (nSPS) is 21.2. The molecule has 0 saturated carbocycles. The van der Waals surface area contributed by atoms with E-state index in [0.717, 1.165) is 40.5 Å². The van der Waals surface area contributed by atoms with Crippen LogP contribution in [-0.4, -0.2) is 12.7 Å². The number of fused-ring (bicyclic) bond motifs is 4. The predicted molar refractivity (Wildman–Crippen MR) is 87.4 cm³/mol.